The average molecular weight is 767 g/mol. The lowest BCUT2D eigenvalue weighted by Gasteiger charge is -2.33. The number of rotatable bonds is 12. The van der Waals surface area contributed by atoms with E-state index in [2.05, 4.69) is 90.0 Å². The minimum absolute atomic E-state index is 0.254. The second kappa shape index (κ2) is 20.4. The van der Waals surface area contributed by atoms with Gasteiger partial charge in [-0.15, -0.1) is 0 Å². The van der Waals surface area contributed by atoms with Crippen molar-refractivity contribution in [3.05, 3.63) is 0 Å². The molecule has 2 saturated heterocycles. The maximum absolute atomic E-state index is 12.2. The molecule has 1 amide bonds. The highest BCUT2D eigenvalue weighted by Crippen LogP contribution is 2.39. The van der Waals surface area contributed by atoms with Gasteiger partial charge in [0.15, 0.2) is 0 Å². The summed E-state index contributed by atoms with van der Waals surface area (Å²) in [6.07, 6.45) is 13.0. The minimum atomic E-state index is 0.254. The molecule has 2 rings (SSSR count). The maximum atomic E-state index is 12.2. The summed E-state index contributed by atoms with van der Waals surface area (Å²) in [5, 5.41) is 4.01. The van der Waals surface area contributed by atoms with Crippen molar-refractivity contribution < 1.29 is 4.79 Å². The highest BCUT2D eigenvalue weighted by atomic mass is 127. The summed E-state index contributed by atoms with van der Waals surface area (Å²) in [4.78, 5) is 20.1. The standard InChI is InChI=1S/C27H52I2N4OS2/c1-27(23-28)12-7-15-31(2)20-21-33(24-29)18-8-17-32(19-13-27)16-6-5-14-30-26(34)10-4-3-9-25-11-22-35-36-25/h25H,3-24H2,1-2H3,(H,30,34). The van der Waals surface area contributed by atoms with Crippen LogP contribution in [0.1, 0.15) is 77.6 Å². The monoisotopic (exact) mass is 766 g/mol. The SMILES string of the molecule is CN1CCCC(C)(CI)CCN(CCCCNC(=O)CCCCC2CCSS2)CCCN(CI)CC1. The van der Waals surface area contributed by atoms with Gasteiger partial charge in [-0.05, 0) is 96.4 Å². The predicted molar refractivity (Wildman–Crippen MR) is 179 cm³/mol. The summed E-state index contributed by atoms with van der Waals surface area (Å²) in [5.41, 5.74) is 0.446. The number of hydrogen-bond acceptors (Lipinski definition) is 6. The van der Waals surface area contributed by atoms with E-state index in [4.69, 9.17) is 0 Å². The molecule has 0 aliphatic carbocycles. The molecule has 2 fully saturated rings. The molecule has 1 N–H and O–H groups in total. The van der Waals surface area contributed by atoms with Gasteiger partial charge in [-0.25, -0.2) is 0 Å². The van der Waals surface area contributed by atoms with Crippen molar-refractivity contribution in [2.24, 2.45) is 5.41 Å². The molecule has 0 saturated carbocycles. The number of unbranched alkanes of at least 4 members (excludes halogenated alkanes) is 2. The van der Waals surface area contributed by atoms with Crippen molar-refractivity contribution in [1.29, 1.82) is 0 Å². The number of amides is 1. The van der Waals surface area contributed by atoms with Crippen LogP contribution in [-0.2, 0) is 4.79 Å². The van der Waals surface area contributed by atoms with Gasteiger partial charge in [0.05, 0.1) is 4.55 Å². The van der Waals surface area contributed by atoms with Crippen LogP contribution in [0.25, 0.3) is 0 Å². The summed E-state index contributed by atoms with van der Waals surface area (Å²) >= 11 is 5.14. The molecule has 2 unspecified atom stereocenters. The molecule has 2 aliphatic heterocycles. The van der Waals surface area contributed by atoms with Gasteiger partial charge in [-0.1, -0.05) is 80.1 Å². The fraction of sp³-hybridized carbons (Fsp3) is 0.963. The number of nitrogens with one attached hydrogen (secondary N) is 1. The fourth-order valence-corrected chi connectivity index (χ4v) is 9.44. The topological polar surface area (TPSA) is 38.8 Å². The molecular weight excluding hydrogens is 714 g/mol. The molecule has 0 aromatic rings. The van der Waals surface area contributed by atoms with Gasteiger partial charge in [-0.3, -0.25) is 9.69 Å². The quantitative estimate of drug-likeness (QED) is 0.0801. The lowest BCUT2D eigenvalue weighted by atomic mass is 9.84. The number of carbonyl (C=O) groups is 1. The first-order chi connectivity index (χ1) is 17.4. The number of carbonyl (C=O) groups excluding carboxylic acids is 1. The van der Waals surface area contributed by atoms with E-state index in [1.54, 1.807) is 0 Å². The van der Waals surface area contributed by atoms with Crippen LogP contribution in [0.5, 0.6) is 0 Å². The first kappa shape index (κ1) is 33.7. The van der Waals surface area contributed by atoms with E-state index in [0.29, 0.717) is 11.8 Å². The number of nitrogens with zero attached hydrogens (tertiary/aromatic N) is 3. The van der Waals surface area contributed by atoms with E-state index in [9.17, 15) is 4.79 Å². The minimum Gasteiger partial charge on any atom is -0.356 e. The lowest BCUT2D eigenvalue weighted by molar-refractivity contribution is -0.121. The Morgan fingerprint density at radius 2 is 1.81 bits per heavy atom. The summed E-state index contributed by atoms with van der Waals surface area (Å²) in [7, 11) is 6.35. The Balaban J connectivity index is 1.67. The van der Waals surface area contributed by atoms with Gasteiger partial charge in [0.1, 0.15) is 0 Å². The molecule has 36 heavy (non-hydrogen) atoms. The normalized spacial score (nSPS) is 26.6. The van der Waals surface area contributed by atoms with Gasteiger partial charge < -0.3 is 15.1 Å². The second-order valence-electron chi connectivity index (χ2n) is 11.2. The van der Waals surface area contributed by atoms with Gasteiger partial charge in [-0.2, -0.15) is 0 Å². The predicted octanol–water partition coefficient (Wildman–Crippen LogP) is 6.54. The van der Waals surface area contributed by atoms with Crippen molar-refractivity contribution in [3.63, 3.8) is 0 Å². The summed E-state index contributed by atoms with van der Waals surface area (Å²) in [5.74, 6) is 1.56. The molecule has 2 heterocycles. The molecule has 2 aliphatic rings. The van der Waals surface area contributed by atoms with Crippen LogP contribution in [0.4, 0.5) is 0 Å². The van der Waals surface area contributed by atoms with Crippen LogP contribution in [0.2, 0.25) is 0 Å². The summed E-state index contributed by atoms with van der Waals surface area (Å²) in [6, 6.07) is 0. The van der Waals surface area contributed by atoms with Crippen molar-refractivity contribution in [1.82, 2.24) is 20.0 Å². The largest absolute Gasteiger partial charge is 0.356 e. The van der Waals surface area contributed by atoms with Crippen LogP contribution < -0.4 is 5.32 Å². The van der Waals surface area contributed by atoms with Crippen molar-refractivity contribution >= 4 is 72.7 Å². The van der Waals surface area contributed by atoms with E-state index in [-0.39, 0.29) is 5.91 Å². The fourth-order valence-electron chi connectivity index (χ4n) is 4.97. The zero-order chi connectivity index (χ0) is 26.1. The Morgan fingerprint density at radius 1 is 0.972 bits per heavy atom. The van der Waals surface area contributed by atoms with Crippen molar-refractivity contribution in [3.8, 4) is 0 Å². The Hall–Kier alpha value is 1.51. The van der Waals surface area contributed by atoms with E-state index >= 15 is 0 Å². The highest BCUT2D eigenvalue weighted by molar-refractivity contribution is 14.1. The number of alkyl halides is 2. The Labute approximate surface area is 257 Å². The van der Waals surface area contributed by atoms with E-state index in [1.807, 2.05) is 10.8 Å². The molecule has 0 aromatic carbocycles. The molecule has 0 aromatic heterocycles. The number of halogens is 2. The molecular formula is C27H52I2N4OS2. The van der Waals surface area contributed by atoms with E-state index in [1.165, 1.54) is 101 Å². The highest BCUT2D eigenvalue weighted by Gasteiger charge is 2.24. The molecule has 5 nitrogen and oxygen atoms in total. The van der Waals surface area contributed by atoms with Crippen molar-refractivity contribution in [2.75, 3.05) is 74.1 Å². The molecule has 0 bridgehead atoms. The van der Waals surface area contributed by atoms with Crippen molar-refractivity contribution in [2.45, 2.75) is 82.8 Å². The molecule has 2 atom stereocenters. The zero-order valence-corrected chi connectivity index (χ0v) is 28.9. The Kier molecular flexibility index (Phi) is 19.1. The van der Waals surface area contributed by atoms with Crippen LogP contribution >= 0.6 is 66.8 Å². The van der Waals surface area contributed by atoms with E-state index < -0.39 is 0 Å². The molecule has 9 heteroatoms. The summed E-state index contributed by atoms with van der Waals surface area (Å²) in [6.45, 7) is 11.7. The van der Waals surface area contributed by atoms with Gasteiger partial charge in [0.2, 0.25) is 5.91 Å². The van der Waals surface area contributed by atoms with Gasteiger partial charge >= 0.3 is 0 Å². The first-order valence-electron chi connectivity index (χ1n) is 14.2. The van der Waals surface area contributed by atoms with Crippen LogP contribution in [-0.4, -0.2) is 100.0 Å². The third-order valence-electron chi connectivity index (χ3n) is 7.72. The van der Waals surface area contributed by atoms with Crippen LogP contribution in [0, 0.1) is 5.41 Å². The Morgan fingerprint density at radius 3 is 2.56 bits per heavy atom. The third kappa shape index (κ3) is 15.3. The Bertz CT molecular complexity index is 586. The molecule has 212 valence electrons. The van der Waals surface area contributed by atoms with Crippen LogP contribution in [0.3, 0.4) is 0 Å². The van der Waals surface area contributed by atoms with Crippen LogP contribution in [0.15, 0.2) is 0 Å². The summed E-state index contributed by atoms with van der Waals surface area (Å²) < 4.78 is 2.37. The number of hydrogen-bond donors (Lipinski definition) is 1. The average Bonchev–Trinajstić information content (AvgIpc) is 3.39. The van der Waals surface area contributed by atoms with E-state index in [0.717, 1.165) is 35.7 Å². The number of likely N-dealkylation sites (N-methyl/N-ethyl adjacent to an activating group) is 1. The molecule has 0 radical (unpaired) electrons. The van der Waals surface area contributed by atoms with Gasteiger partial charge in [0.25, 0.3) is 0 Å². The van der Waals surface area contributed by atoms with Gasteiger partial charge in [0, 0.05) is 48.0 Å². The first-order valence-corrected chi connectivity index (χ1v) is 19.7. The smallest absolute Gasteiger partial charge is 0.219 e. The lowest BCUT2D eigenvalue weighted by Crippen LogP contribution is -2.37. The zero-order valence-electron chi connectivity index (χ0n) is 23.0. The third-order valence-corrected chi connectivity index (χ3v) is 13.5. The maximum Gasteiger partial charge on any atom is 0.219 e. The second-order valence-corrected chi connectivity index (χ2v) is 15.4. The molecule has 0 spiro atoms.